The lowest BCUT2D eigenvalue weighted by molar-refractivity contribution is -0.137. The number of allylic oxidation sites excluding steroid dienone is 2. The van der Waals surface area contributed by atoms with Crippen LogP contribution < -0.4 is 0 Å². The molecule has 1 aromatic rings. The van der Waals surface area contributed by atoms with Gasteiger partial charge in [-0.1, -0.05) is 36.7 Å². The van der Waals surface area contributed by atoms with Gasteiger partial charge < -0.3 is 5.11 Å². The van der Waals surface area contributed by atoms with E-state index in [1.165, 1.54) is 6.07 Å². The van der Waals surface area contributed by atoms with E-state index >= 15 is 0 Å². The lowest BCUT2D eigenvalue weighted by Crippen LogP contribution is -2.28. The molecule has 1 N–H and O–H groups in total. The predicted octanol–water partition coefficient (Wildman–Crippen LogP) is 4.58. The molecule has 2 unspecified atom stereocenters. The molecule has 1 aliphatic rings. The summed E-state index contributed by atoms with van der Waals surface area (Å²) in [5.41, 5.74) is -0.739. The smallest absolute Gasteiger partial charge is 0.396 e. The molecule has 0 fully saturated rings. The SMILES string of the molecule is CC1(c2ccc(Cl)c(C(F)(F)F)c2)C=CCC(CO)C1. The quantitative estimate of drug-likeness (QED) is 0.793. The third-order valence-corrected chi connectivity index (χ3v) is 4.19. The Kier molecular flexibility index (Phi) is 4.17. The van der Waals surface area contributed by atoms with Crippen molar-refractivity contribution in [2.75, 3.05) is 6.61 Å². The second-order valence-corrected chi connectivity index (χ2v) is 5.91. The Bertz CT molecular complexity index is 524. The van der Waals surface area contributed by atoms with E-state index in [2.05, 4.69) is 0 Å². The van der Waals surface area contributed by atoms with Crippen LogP contribution in [0.25, 0.3) is 0 Å². The molecule has 0 bridgehead atoms. The van der Waals surface area contributed by atoms with Crippen molar-refractivity contribution in [3.8, 4) is 0 Å². The zero-order valence-corrected chi connectivity index (χ0v) is 11.8. The van der Waals surface area contributed by atoms with Crippen LogP contribution in [0.2, 0.25) is 5.02 Å². The lowest BCUT2D eigenvalue weighted by Gasteiger charge is -2.34. The maximum absolute atomic E-state index is 12.9. The molecular formula is C15H16ClF3O. The molecule has 1 nitrogen and oxygen atoms in total. The van der Waals surface area contributed by atoms with Crippen molar-refractivity contribution < 1.29 is 18.3 Å². The normalized spacial score (nSPS) is 26.8. The van der Waals surface area contributed by atoms with Gasteiger partial charge in [-0.25, -0.2) is 0 Å². The Labute approximate surface area is 121 Å². The van der Waals surface area contributed by atoms with Gasteiger partial charge in [-0.2, -0.15) is 13.2 Å². The van der Waals surface area contributed by atoms with Crippen LogP contribution in [0, 0.1) is 5.92 Å². The van der Waals surface area contributed by atoms with Crippen molar-refractivity contribution >= 4 is 11.6 Å². The lowest BCUT2D eigenvalue weighted by atomic mass is 9.71. The molecule has 0 aromatic heterocycles. The summed E-state index contributed by atoms with van der Waals surface area (Å²) in [6.45, 7) is 1.92. The van der Waals surface area contributed by atoms with Crippen LogP contribution in [0.15, 0.2) is 30.4 Å². The van der Waals surface area contributed by atoms with Gasteiger partial charge in [-0.15, -0.1) is 0 Å². The summed E-state index contributed by atoms with van der Waals surface area (Å²) in [5, 5.41) is 8.97. The van der Waals surface area contributed by atoms with Crippen molar-refractivity contribution in [3.05, 3.63) is 46.5 Å². The number of aliphatic hydroxyl groups is 1. The molecule has 0 aliphatic heterocycles. The fourth-order valence-corrected chi connectivity index (χ4v) is 2.95. The van der Waals surface area contributed by atoms with E-state index < -0.39 is 17.2 Å². The summed E-state index contributed by atoms with van der Waals surface area (Å²) in [7, 11) is 0. The number of hydrogen-bond acceptors (Lipinski definition) is 1. The topological polar surface area (TPSA) is 20.2 Å². The van der Waals surface area contributed by atoms with E-state index in [0.29, 0.717) is 12.0 Å². The van der Waals surface area contributed by atoms with Gasteiger partial charge in [0.25, 0.3) is 0 Å². The van der Waals surface area contributed by atoms with E-state index in [9.17, 15) is 18.3 Å². The monoisotopic (exact) mass is 304 g/mol. The number of alkyl halides is 3. The van der Waals surface area contributed by atoms with Gasteiger partial charge in [0.05, 0.1) is 10.6 Å². The first kappa shape index (κ1) is 15.4. The first-order valence-electron chi connectivity index (χ1n) is 6.42. The average molecular weight is 305 g/mol. The highest BCUT2D eigenvalue weighted by Crippen LogP contribution is 2.41. The molecule has 0 spiro atoms. The standard InChI is InChI=1S/C15H16ClF3O/c1-14(6-2-3-10(8-14)9-20)11-4-5-13(16)12(7-11)15(17,18)19/h2,4-7,10,20H,3,8-9H2,1H3. The summed E-state index contributed by atoms with van der Waals surface area (Å²) in [5.74, 6) is 0.0787. The summed E-state index contributed by atoms with van der Waals surface area (Å²) < 4.78 is 38.8. The van der Waals surface area contributed by atoms with Crippen LogP contribution in [0.5, 0.6) is 0 Å². The fourth-order valence-electron chi connectivity index (χ4n) is 2.72. The number of benzene rings is 1. The summed E-state index contributed by atoms with van der Waals surface area (Å²) in [6.07, 6.45) is 0.762. The Hall–Kier alpha value is -1.00. The molecule has 1 aliphatic carbocycles. The van der Waals surface area contributed by atoms with Crippen molar-refractivity contribution in [2.45, 2.75) is 31.4 Å². The molecule has 1 aromatic carbocycles. The zero-order chi connectivity index (χ0) is 15.0. The Morgan fingerprint density at radius 1 is 1.40 bits per heavy atom. The van der Waals surface area contributed by atoms with E-state index in [4.69, 9.17) is 11.6 Å². The van der Waals surface area contributed by atoms with Gasteiger partial charge in [-0.3, -0.25) is 0 Å². The average Bonchev–Trinajstić information content (AvgIpc) is 2.37. The number of rotatable bonds is 2. The van der Waals surface area contributed by atoms with Crippen molar-refractivity contribution in [1.82, 2.24) is 0 Å². The van der Waals surface area contributed by atoms with Crippen LogP contribution in [-0.4, -0.2) is 11.7 Å². The van der Waals surface area contributed by atoms with Crippen LogP contribution in [0.1, 0.15) is 30.9 Å². The molecule has 0 saturated carbocycles. The highest BCUT2D eigenvalue weighted by atomic mass is 35.5. The Morgan fingerprint density at radius 3 is 2.70 bits per heavy atom. The molecular weight excluding hydrogens is 289 g/mol. The van der Waals surface area contributed by atoms with Crippen LogP contribution in [0.4, 0.5) is 13.2 Å². The van der Waals surface area contributed by atoms with Crippen LogP contribution >= 0.6 is 11.6 Å². The van der Waals surface area contributed by atoms with Gasteiger partial charge in [0.1, 0.15) is 0 Å². The Morgan fingerprint density at radius 2 is 2.10 bits per heavy atom. The highest BCUT2D eigenvalue weighted by molar-refractivity contribution is 6.31. The van der Waals surface area contributed by atoms with Gasteiger partial charge in [0.15, 0.2) is 0 Å². The van der Waals surface area contributed by atoms with E-state index in [-0.39, 0.29) is 17.5 Å². The van der Waals surface area contributed by atoms with Gasteiger partial charge in [-0.05, 0) is 36.5 Å². The zero-order valence-electron chi connectivity index (χ0n) is 11.0. The number of aliphatic hydroxyl groups excluding tert-OH is 1. The van der Waals surface area contributed by atoms with E-state index in [1.54, 1.807) is 6.07 Å². The minimum Gasteiger partial charge on any atom is -0.396 e. The molecule has 20 heavy (non-hydrogen) atoms. The van der Waals surface area contributed by atoms with Gasteiger partial charge in [0, 0.05) is 12.0 Å². The van der Waals surface area contributed by atoms with Crippen molar-refractivity contribution in [3.63, 3.8) is 0 Å². The van der Waals surface area contributed by atoms with Crippen molar-refractivity contribution in [2.24, 2.45) is 5.92 Å². The minimum atomic E-state index is -4.46. The maximum Gasteiger partial charge on any atom is 0.417 e. The Balaban J connectivity index is 2.43. The molecule has 0 amide bonds. The number of hydrogen-bond donors (Lipinski definition) is 1. The number of halogens is 4. The van der Waals surface area contributed by atoms with E-state index in [1.807, 2.05) is 19.1 Å². The van der Waals surface area contributed by atoms with Crippen molar-refractivity contribution in [1.29, 1.82) is 0 Å². The summed E-state index contributed by atoms with van der Waals surface area (Å²) >= 11 is 5.64. The molecule has 2 rings (SSSR count). The molecule has 5 heteroatoms. The summed E-state index contributed by atoms with van der Waals surface area (Å²) in [4.78, 5) is 0. The van der Waals surface area contributed by atoms with Gasteiger partial charge in [0.2, 0.25) is 0 Å². The second kappa shape index (κ2) is 5.41. The largest absolute Gasteiger partial charge is 0.417 e. The fraction of sp³-hybridized carbons (Fsp3) is 0.467. The highest BCUT2D eigenvalue weighted by Gasteiger charge is 2.36. The second-order valence-electron chi connectivity index (χ2n) is 5.50. The third kappa shape index (κ3) is 3.01. The first-order valence-corrected chi connectivity index (χ1v) is 6.80. The predicted molar refractivity (Wildman–Crippen MR) is 72.8 cm³/mol. The molecule has 0 radical (unpaired) electrons. The molecule has 2 atom stereocenters. The minimum absolute atomic E-state index is 0.0413. The maximum atomic E-state index is 12.9. The van der Waals surface area contributed by atoms with E-state index in [0.717, 1.165) is 12.5 Å². The molecule has 0 heterocycles. The van der Waals surface area contributed by atoms with Crippen LogP contribution in [-0.2, 0) is 11.6 Å². The first-order chi connectivity index (χ1) is 9.26. The third-order valence-electron chi connectivity index (χ3n) is 3.86. The molecule has 0 saturated heterocycles. The van der Waals surface area contributed by atoms with Gasteiger partial charge >= 0.3 is 6.18 Å². The van der Waals surface area contributed by atoms with Crippen LogP contribution in [0.3, 0.4) is 0 Å². The molecule has 110 valence electrons. The summed E-state index contributed by atoms with van der Waals surface area (Å²) in [6, 6.07) is 4.04.